The zero-order valence-electron chi connectivity index (χ0n) is 22.4. The lowest BCUT2D eigenvalue weighted by atomic mass is 10.1. The van der Waals surface area contributed by atoms with Gasteiger partial charge in [-0.15, -0.1) is 0 Å². The van der Waals surface area contributed by atoms with Crippen LogP contribution in [0.15, 0.2) is 36.8 Å². The molecule has 1 atom stereocenters. The highest BCUT2D eigenvalue weighted by molar-refractivity contribution is 5.85. The lowest BCUT2D eigenvalue weighted by molar-refractivity contribution is -0.126. The second-order valence-electron chi connectivity index (χ2n) is 10.2. The van der Waals surface area contributed by atoms with Crippen LogP contribution in [-0.4, -0.2) is 124 Å². The monoisotopic (exact) mass is 549 g/mol. The highest BCUT2D eigenvalue weighted by Crippen LogP contribution is 2.31. The van der Waals surface area contributed by atoms with Gasteiger partial charge in [-0.3, -0.25) is 4.79 Å². The Labute approximate surface area is 230 Å². The van der Waals surface area contributed by atoms with Crippen molar-refractivity contribution < 1.29 is 23.9 Å². The number of anilines is 2. The zero-order valence-corrected chi connectivity index (χ0v) is 22.4. The first kappa shape index (κ1) is 25.6. The molecular weight excluding hydrogens is 518 g/mol. The van der Waals surface area contributed by atoms with E-state index in [4.69, 9.17) is 14.5 Å². The number of hydrogen-bond acceptors (Lipinski definition) is 10. The second kappa shape index (κ2) is 10.5. The number of amides is 3. The standard InChI is InChI=1S/C26H31N9O5/c1-31-16-18(12-22(31)36)40-26(38)33-10-8-32(9-11-33)21-5-7-35-24(30-21)20(13-28-35)19-4-3-6-27-23(19)29-17-14-34(15-17)25(37)39-2/h3-7,13,17-18H,8-12,14-16H2,1-2H3,(H,27,29)/t18-/m1/s1. The SMILES string of the molecule is COC(=O)N1CC(Nc2ncccc2-c2cnn3ccc(N4CCN(C(=O)O[C@@H]5CC(=O)N(C)C5)CC4)nc23)C1. The first-order valence-corrected chi connectivity index (χ1v) is 13.2. The van der Waals surface area contributed by atoms with Crippen molar-refractivity contribution in [3.63, 3.8) is 0 Å². The van der Waals surface area contributed by atoms with E-state index >= 15 is 0 Å². The topological polar surface area (TPSA) is 138 Å². The minimum absolute atomic E-state index is 0.00856. The van der Waals surface area contributed by atoms with Gasteiger partial charge in [0.2, 0.25) is 5.91 Å². The molecule has 210 valence electrons. The Kier molecular flexibility index (Phi) is 6.74. The number of methoxy groups -OCH3 is 1. The van der Waals surface area contributed by atoms with Crippen LogP contribution in [0.4, 0.5) is 21.2 Å². The summed E-state index contributed by atoms with van der Waals surface area (Å²) in [4.78, 5) is 52.6. The van der Waals surface area contributed by atoms with Gasteiger partial charge in [-0.25, -0.2) is 24.1 Å². The number of nitrogens with zero attached hydrogens (tertiary/aromatic N) is 8. The van der Waals surface area contributed by atoms with Gasteiger partial charge in [0.1, 0.15) is 17.7 Å². The summed E-state index contributed by atoms with van der Waals surface area (Å²) in [5.74, 6) is 1.48. The number of rotatable bonds is 5. The van der Waals surface area contributed by atoms with Gasteiger partial charge in [-0.2, -0.15) is 5.10 Å². The van der Waals surface area contributed by atoms with E-state index in [1.807, 2.05) is 24.4 Å². The van der Waals surface area contributed by atoms with Crippen LogP contribution in [0.2, 0.25) is 0 Å². The third-order valence-corrected chi connectivity index (χ3v) is 7.54. The minimum Gasteiger partial charge on any atom is -0.453 e. The molecule has 0 aliphatic carbocycles. The van der Waals surface area contributed by atoms with E-state index in [1.165, 1.54) is 7.11 Å². The van der Waals surface area contributed by atoms with Crippen LogP contribution in [0.5, 0.6) is 0 Å². The second-order valence-corrected chi connectivity index (χ2v) is 10.2. The van der Waals surface area contributed by atoms with Crippen molar-refractivity contribution in [2.75, 3.05) is 70.2 Å². The van der Waals surface area contributed by atoms with Crippen LogP contribution in [0.1, 0.15) is 6.42 Å². The number of hydrogen-bond donors (Lipinski definition) is 1. The normalized spacial score (nSPS) is 19.6. The van der Waals surface area contributed by atoms with Gasteiger partial charge in [-0.1, -0.05) is 0 Å². The lowest BCUT2D eigenvalue weighted by Gasteiger charge is -2.38. The van der Waals surface area contributed by atoms with Gasteiger partial charge in [0, 0.05) is 64.3 Å². The van der Waals surface area contributed by atoms with Gasteiger partial charge in [0.25, 0.3) is 0 Å². The molecule has 3 fully saturated rings. The zero-order chi connectivity index (χ0) is 27.8. The number of carbonyl (C=O) groups is 3. The van der Waals surface area contributed by atoms with Crippen molar-refractivity contribution in [1.29, 1.82) is 0 Å². The fraction of sp³-hybridized carbons (Fsp3) is 0.462. The number of carbonyl (C=O) groups excluding carboxylic acids is 3. The highest BCUT2D eigenvalue weighted by Gasteiger charge is 2.33. The van der Waals surface area contributed by atoms with Crippen molar-refractivity contribution in [1.82, 2.24) is 34.3 Å². The maximum absolute atomic E-state index is 12.6. The molecule has 40 heavy (non-hydrogen) atoms. The number of ether oxygens (including phenoxy) is 2. The number of likely N-dealkylation sites (tertiary alicyclic amines) is 2. The van der Waals surface area contributed by atoms with Gasteiger partial charge in [0.15, 0.2) is 5.65 Å². The number of aromatic nitrogens is 4. The van der Waals surface area contributed by atoms with Crippen LogP contribution in [0, 0.1) is 0 Å². The highest BCUT2D eigenvalue weighted by atomic mass is 16.6. The van der Waals surface area contributed by atoms with E-state index in [9.17, 15) is 14.4 Å². The molecule has 0 unspecified atom stereocenters. The summed E-state index contributed by atoms with van der Waals surface area (Å²) in [6, 6.07) is 5.82. The number of nitrogens with one attached hydrogen (secondary N) is 1. The Balaban J connectivity index is 1.13. The van der Waals surface area contributed by atoms with Crippen molar-refractivity contribution in [3.8, 4) is 11.1 Å². The first-order chi connectivity index (χ1) is 19.4. The summed E-state index contributed by atoms with van der Waals surface area (Å²) in [7, 11) is 3.09. The van der Waals surface area contributed by atoms with Crippen LogP contribution in [0.3, 0.4) is 0 Å². The largest absolute Gasteiger partial charge is 0.453 e. The maximum atomic E-state index is 12.6. The van der Waals surface area contributed by atoms with Crippen LogP contribution in [-0.2, 0) is 14.3 Å². The molecule has 14 heteroatoms. The summed E-state index contributed by atoms with van der Waals surface area (Å²) in [6.07, 6.45) is 4.49. The molecule has 0 saturated carbocycles. The Morgan fingerprint density at radius 2 is 1.82 bits per heavy atom. The molecule has 0 aromatic carbocycles. The molecule has 3 aromatic rings. The third kappa shape index (κ3) is 4.92. The Morgan fingerprint density at radius 1 is 1.02 bits per heavy atom. The predicted octanol–water partition coefficient (Wildman–Crippen LogP) is 1.14. The molecule has 3 amide bonds. The third-order valence-electron chi connectivity index (χ3n) is 7.54. The molecular formula is C26H31N9O5. The lowest BCUT2D eigenvalue weighted by Crippen LogP contribution is -2.57. The van der Waals surface area contributed by atoms with Gasteiger partial charge < -0.3 is 34.4 Å². The molecule has 3 aliphatic rings. The average Bonchev–Trinajstić information content (AvgIpc) is 3.51. The number of pyridine rings is 1. The molecule has 3 saturated heterocycles. The molecule has 0 spiro atoms. The molecule has 6 rings (SSSR count). The quantitative estimate of drug-likeness (QED) is 0.493. The van der Waals surface area contributed by atoms with E-state index in [2.05, 4.69) is 20.3 Å². The first-order valence-electron chi connectivity index (χ1n) is 13.2. The smallest absolute Gasteiger partial charge is 0.410 e. The van der Waals surface area contributed by atoms with Crippen molar-refractivity contribution in [2.24, 2.45) is 0 Å². The van der Waals surface area contributed by atoms with E-state index in [0.29, 0.717) is 57.3 Å². The summed E-state index contributed by atoms with van der Waals surface area (Å²) in [5.41, 5.74) is 2.39. The molecule has 3 aliphatic heterocycles. The van der Waals surface area contributed by atoms with Crippen molar-refractivity contribution >= 4 is 35.4 Å². The van der Waals surface area contributed by atoms with E-state index in [-0.39, 0.29) is 30.6 Å². The number of likely N-dealkylation sites (N-methyl/N-ethyl adjacent to an activating group) is 1. The van der Waals surface area contributed by atoms with Crippen molar-refractivity contribution in [2.45, 2.75) is 18.6 Å². The maximum Gasteiger partial charge on any atom is 0.410 e. The van der Waals surface area contributed by atoms with E-state index in [0.717, 1.165) is 16.9 Å². The molecule has 0 bridgehead atoms. The minimum atomic E-state index is -0.393. The molecule has 14 nitrogen and oxygen atoms in total. The predicted molar refractivity (Wildman–Crippen MR) is 144 cm³/mol. The molecule has 3 aromatic heterocycles. The Hall–Kier alpha value is -4.62. The Bertz CT molecular complexity index is 1430. The summed E-state index contributed by atoms with van der Waals surface area (Å²) in [6.45, 7) is 3.70. The van der Waals surface area contributed by atoms with Crippen LogP contribution in [0.25, 0.3) is 16.8 Å². The van der Waals surface area contributed by atoms with Crippen LogP contribution < -0.4 is 10.2 Å². The fourth-order valence-electron chi connectivity index (χ4n) is 5.24. The van der Waals surface area contributed by atoms with Gasteiger partial charge >= 0.3 is 12.2 Å². The molecule has 6 heterocycles. The summed E-state index contributed by atoms with van der Waals surface area (Å²) in [5, 5.41) is 7.92. The average molecular weight is 550 g/mol. The Morgan fingerprint density at radius 3 is 2.55 bits per heavy atom. The summed E-state index contributed by atoms with van der Waals surface area (Å²) < 4.78 is 12.1. The van der Waals surface area contributed by atoms with Crippen LogP contribution >= 0.6 is 0 Å². The summed E-state index contributed by atoms with van der Waals surface area (Å²) >= 11 is 0. The van der Waals surface area contributed by atoms with Gasteiger partial charge in [0.05, 0.1) is 37.9 Å². The van der Waals surface area contributed by atoms with E-state index in [1.54, 1.807) is 38.7 Å². The fourth-order valence-corrected chi connectivity index (χ4v) is 5.24. The van der Waals surface area contributed by atoms with E-state index < -0.39 is 6.10 Å². The number of fused-ring (bicyclic) bond motifs is 1. The number of piperazine rings is 1. The van der Waals surface area contributed by atoms with Crippen molar-refractivity contribution in [3.05, 3.63) is 36.8 Å². The molecule has 0 radical (unpaired) electrons. The van der Waals surface area contributed by atoms with Gasteiger partial charge in [-0.05, 0) is 18.2 Å². The molecule has 1 N–H and O–H groups in total.